The number of nitrogens with zero attached hydrogens (tertiary/aromatic N) is 2. The fourth-order valence-electron chi connectivity index (χ4n) is 2.89. The zero-order chi connectivity index (χ0) is 15.4. The van der Waals surface area contributed by atoms with Crippen molar-refractivity contribution in [1.82, 2.24) is 9.88 Å². The molecule has 4 nitrogen and oxygen atoms in total. The largest absolute Gasteiger partial charge is 0.489 e. The van der Waals surface area contributed by atoms with Gasteiger partial charge in [0, 0.05) is 49.2 Å². The topological polar surface area (TPSA) is 51.4 Å². The number of hydrogen-bond acceptors (Lipinski definition) is 4. The summed E-state index contributed by atoms with van der Waals surface area (Å²) in [5.41, 5.74) is 8.41. The fourth-order valence-corrected chi connectivity index (χ4v) is 2.89. The Morgan fingerprint density at radius 2 is 2.04 bits per heavy atom. The third-order valence-corrected chi connectivity index (χ3v) is 4.23. The molecule has 0 bridgehead atoms. The summed E-state index contributed by atoms with van der Waals surface area (Å²) in [6, 6.07) is 12.5. The highest BCUT2D eigenvalue weighted by Crippen LogP contribution is 2.24. The zero-order valence-electron chi connectivity index (χ0n) is 13.4. The molecule has 0 aliphatic carbocycles. The number of benzene rings is 1. The zero-order valence-corrected chi connectivity index (χ0v) is 14.2. The van der Waals surface area contributed by atoms with Crippen LogP contribution in [0.25, 0.3) is 0 Å². The van der Waals surface area contributed by atoms with Gasteiger partial charge in [-0.2, -0.15) is 0 Å². The Kier molecular flexibility index (Phi) is 6.39. The molecule has 23 heavy (non-hydrogen) atoms. The van der Waals surface area contributed by atoms with E-state index in [2.05, 4.69) is 28.9 Å². The van der Waals surface area contributed by atoms with Gasteiger partial charge in [0.2, 0.25) is 0 Å². The van der Waals surface area contributed by atoms with Crippen molar-refractivity contribution in [1.29, 1.82) is 0 Å². The molecule has 124 valence electrons. The van der Waals surface area contributed by atoms with Crippen LogP contribution >= 0.6 is 12.4 Å². The Morgan fingerprint density at radius 3 is 2.74 bits per heavy atom. The van der Waals surface area contributed by atoms with Gasteiger partial charge in [0.15, 0.2) is 0 Å². The van der Waals surface area contributed by atoms with E-state index in [0.717, 1.165) is 30.9 Å². The van der Waals surface area contributed by atoms with E-state index in [9.17, 15) is 0 Å². The first-order valence-corrected chi connectivity index (χ1v) is 7.80. The van der Waals surface area contributed by atoms with Gasteiger partial charge in [-0.25, -0.2) is 0 Å². The molecule has 0 amide bonds. The van der Waals surface area contributed by atoms with Crippen LogP contribution in [-0.4, -0.2) is 29.0 Å². The SMILES string of the molecule is CC1CN(Cc2ccccc2OCc2cccnc2)CC1N.Cl. The van der Waals surface area contributed by atoms with Crippen LogP contribution in [0.15, 0.2) is 48.8 Å². The minimum absolute atomic E-state index is 0. The van der Waals surface area contributed by atoms with Crippen molar-refractivity contribution in [2.75, 3.05) is 13.1 Å². The Hall–Kier alpha value is -1.62. The summed E-state index contributed by atoms with van der Waals surface area (Å²) in [4.78, 5) is 6.52. The summed E-state index contributed by atoms with van der Waals surface area (Å²) in [6.45, 7) is 5.66. The molecule has 2 atom stereocenters. The highest BCUT2D eigenvalue weighted by atomic mass is 35.5. The second-order valence-corrected chi connectivity index (χ2v) is 6.09. The van der Waals surface area contributed by atoms with Gasteiger partial charge in [0.25, 0.3) is 0 Å². The van der Waals surface area contributed by atoms with E-state index in [0.29, 0.717) is 12.5 Å². The number of halogens is 1. The lowest BCUT2D eigenvalue weighted by Crippen LogP contribution is -2.28. The summed E-state index contributed by atoms with van der Waals surface area (Å²) < 4.78 is 5.99. The average molecular weight is 334 g/mol. The Labute approximate surface area is 144 Å². The van der Waals surface area contributed by atoms with Gasteiger partial charge in [-0.1, -0.05) is 31.2 Å². The van der Waals surface area contributed by atoms with Gasteiger partial charge in [-0.05, 0) is 18.1 Å². The highest BCUT2D eigenvalue weighted by molar-refractivity contribution is 5.85. The summed E-state index contributed by atoms with van der Waals surface area (Å²) in [5.74, 6) is 1.50. The van der Waals surface area contributed by atoms with Crippen LogP contribution in [0.2, 0.25) is 0 Å². The first-order valence-electron chi connectivity index (χ1n) is 7.80. The average Bonchev–Trinajstić information content (AvgIpc) is 2.85. The number of ether oxygens (including phenoxy) is 1. The highest BCUT2D eigenvalue weighted by Gasteiger charge is 2.26. The predicted molar refractivity (Wildman–Crippen MR) is 94.7 cm³/mol. The summed E-state index contributed by atoms with van der Waals surface area (Å²) in [7, 11) is 0. The number of para-hydroxylation sites is 1. The monoisotopic (exact) mass is 333 g/mol. The van der Waals surface area contributed by atoms with Crippen molar-refractivity contribution in [3.8, 4) is 5.75 Å². The van der Waals surface area contributed by atoms with Gasteiger partial charge in [-0.15, -0.1) is 12.4 Å². The molecule has 1 fully saturated rings. The summed E-state index contributed by atoms with van der Waals surface area (Å²) in [5, 5.41) is 0. The normalized spacial score (nSPS) is 21.0. The van der Waals surface area contributed by atoms with E-state index in [1.807, 2.05) is 30.5 Å². The van der Waals surface area contributed by atoms with E-state index in [1.54, 1.807) is 6.20 Å². The minimum atomic E-state index is 0. The molecule has 1 aromatic heterocycles. The lowest BCUT2D eigenvalue weighted by Gasteiger charge is -2.18. The third kappa shape index (κ3) is 4.67. The van der Waals surface area contributed by atoms with Gasteiger partial charge in [0.05, 0.1) is 0 Å². The molecule has 2 N–H and O–H groups in total. The van der Waals surface area contributed by atoms with Gasteiger partial charge in [-0.3, -0.25) is 9.88 Å². The van der Waals surface area contributed by atoms with Crippen molar-refractivity contribution in [2.45, 2.75) is 26.1 Å². The molecular weight excluding hydrogens is 310 g/mol. The van der Waals surface area contributed by atoms with Crippen LogP contribution in [0.4, 0.5) is 0 Å². The van der Waals surface area contributed by atoms with Crippen molar-refractivity contribution in [3.05, 3.63) is 59.9 Å². The molecule has 2 aromatic rings. The van der Waals surface area contributed by atoms with E-state index in [-0.39, 0.29) is 18.4 Å². The molecule has 0 saturated carbocycles. The molecule has 1 saturated heterocycles. The van der Waals surface area contributed by atoms with Crippen molar-refractivity contribution >= 4 is 12.4 Å². The van der Waals surface area contributed by atoms with Crippen molar-refractivity contribution in [3.63, 3.8) is 0 Å². The van der Waals surface area contributed by atoms with Gasteiger partial charge in [0.1, 0.15) is 12.4 Å². The maximum absolute atomic E-state index is 6.12. The molecule has 0 radical (unpaired) electrons. The number of nitrogens with two attached hydrogens (primary N) is 1. The van der Waals surface area contributed by atoms with E-state index in [4.69, 9.17) is 10.5 Å². The number of rotatable bonds is 5. The minimum Gasteiger partial charge on any atom is -0.489 e. The van der Waals surface area contributed by atoms with Crippen LogP contribution in [0.1, 0.15) is 18.1 Å². The first kappa shape index (κ1) is 17.7. The maximum atomic E-state index is 6.12. The first-order chi connectivity index (χ1) is 10.7. The van der Waals surface area contributed by atoms with Crippen molar-refractivity contribution < 1.29 is 4.74 Å². The molecule has 5 heteroatoms. The summed E-state index contributed by atoms with van der Waals surface area (Å²) >= 11 is 0. The Bertz CT molecular complexity index is 598. The summed E-state index contributed by atoms with van der Waals surface area (Å²) in [6.07, 6.45) is 3.61. The number of pyridine rings is 1. The van der Waals surface area contributed by atoms with E-state index in [1.165, 1.54) is 5.56 Å². The quantitative estimate of drug-likeness (QED) is 0.914. The number of hydrogen-bond donors (Lipinski definition) is 1. The molecule has 1 aliphatic heterocycles. The molecule has 1 aliphatic rings. The van der Waals surface area contributed by atoms with Crippen molar-refractivity contribution in [2.24, 2.45) is 11.7 Å². The standard InChI is InChI=1S/C18H23N3O.ClH/c1-14-10-21(12-17(14)19)11-16-6-2-3-7-18(16)22-13-15-5-4-8-20-9-15;/h2-9,14,17H,10-13,19H2,1H3;1H. The van der Waals surface area contributed by atoms with E-state index >= 15 is 0 Å². The second-order valence-electron chi connectivity index (χ2n) is 6.09. The Morgan fingerprint density at radius 1 is 1.22 bits per heavy atom. The van der Waals surface area contributed by atoms with Crippen LogP contribution in [0.5, 0.6) is 5.75 Å². The number of aromatic nitrogens is 1. The van der Waals surface area contributed by atoms with Crippen LogP contribution in [0.3, 0.4) is 0 Å². The molecule has 2 unspecified atom stereocenters. The van der Waals surface area contributed by atoms with Crippen LogP contribution in [-0.2, 0) is 13.2 Å². The van der Waals surface area contributed by atoms with Gasteiger partial charge < -0.3 is 10.5 Å². The predicted octanol–water partition coefficient (Wildman–Crippen LogP) is 2.86. The lowest BCUT2D eigenvalue weighted by atomic mass is 10.1. The molecule has 3 rings (SSSR count). The van der Waals surface area contributed by atoms with E-state index < -0.39 is 0 Å². The maximum Gasteiger partial charge on any atom is 0.124 e. The van der Waals surface area contributed by atoms with Crippen LogP contribution < -0.4 is 10.5 Å². The van der Waals surface area contributed by atoms with Gasteiger partial charge >= 0.3 is 0 Å². The molecular formula is C18H24ClN3O. The molecule has 0 spiro atoms. The lowest BCUT2D eigenvalue weighted by molar-refractivity contribution is 0.282. The second kappa shape index (κ2) is 8.29. The smallest absolute Gasteiger partial charge is 0.124 e. The van der Waals surface area contributed by atoms with Crippen LogP contribution in [0, 0.1) is 5.92 Å². The Balaban J connectivity index is 0.00000192. The third-order valence-electron chi connectivity index (χ3n) is 4.23. The molecule has 2 heterocycles. The fraction of sp³-hybridized carbons (Fsp3) is 0.389. The molecule has 1 aromatic carbocycles. The number of likely N-dealkylation sites (tertiary alicyclic amines) is 1.